The predicted molar refractivity (Wildman–Crippen MR) is 74.5 cm³/mol. The van der Waals surface area contributed by atoms with E-state index in [0.29, 0.717) is 5.56 Å². The van der Waals surface area contributed by atoms with Crippen molar-refractivity contribution in [3.05, 3.63) is 34.3 Å². The molecule has 2 N–H and O–H groups in total. The van der Waals surface area contributed by atoms with E-state index in [4.69, 9.17) is 16.7 Å². The zero-order chi connectivity index (χ0) is 15.4. The minimum Gasteiger partial charge on any atom is -0.384 e. The Kier molecular flexibility index (Phi) is 4.58. The summed E-state index contributed by atoms with van der Waals surface area (Å²) in [6.07, 6.45) is 0. The molecule has 0 saturated carbocycles. The summed E-state index contributed by atoms with van der Waals surface area (Å²) in [5.74, 6) is 3.61. The number of carbonyl (C=O) groups is 3. The zero-order valence-electron chi connectivity index (χ0n) is 10.9. The van der Waals surface area contributed by atoms with Gasteiger partial charge in [-0.3, -0.25) is 19.7 Å². The van der Waals surface area contributed by atoms with Crippen LogP contribution in [0.3, 0.4) is 0 Å². The third kappa shape index (κ3) is 3.60. The lowest BCUT2D eigenvalue weighted by molar-refractivity contribution is -0.135. The average molecular weight is 307 g/mol. The predicted octanol–water partition coefficient (Wildman–Crippen LogP) is -0.218. The summed E-state index contributed by atoms with van der Waals surface area (Å²) in [6.45, 7) is -0.634. The molecule has 0 bridgehead atoms. The Hall–Kier alpha value is -2.36. The van der Waals surface area contributed by atoms with E-state index in [-0.39, 0.29) is 30.3 Å². The summed E-state index contributed by atoms with van der Waals surface area (Å²) in [5.41, 5.74) is 0.742. The molecule has 0 radical (unpaired) electrons. The molecule has 0 aromatic heterocycles. The summed E-state index contributed by atoms with van der Waals surface area (Å²) >= 11 is 6.00. The number of amides is 3. The van der Waals surface area contributed by atoms with Crippen LogP contribution in [0, 0.1) is 11.8 Å². The molecule has 1 aromatic rings. The number of nitrogens with one attached hydrogen (secondary N) is 1. The van der Waals surface area contributed by atoms with Crippen molar-refractivity contribution in [3.8, 4) is 11.8 Å². The number of hydrogen-bond donors (Lipinski definition) is 2. The number of aliphatic hydroxyl groups is 1. The van der Waals surface area contributed by atoms with Crippen LogP contribution in [-0.2, 0) is 9.59 Å². The largest absolute Gasteiger partial charge is 0.384 e. The van der Waals surface area contributed by atoms with Gasteiger partial charge in [0.25, 0.3) is 5.91 Å². The van der Waals surface area contributed by atoms with Crippen molar-refractivity contribution < 1.29 is 19.5 Å². The molecule has 2 rings (SSSR count). The molecule has 1 aliphatic rings. The number of nitrogens with zero attached hydrogens (tertiary/aromatic N) is 1. The van der Waals surface area contributed by atoms with Gasteiger partial charge in [0.1, 0.15) is 19.7 Å². The second kappa shape index (κ2) is 6.39. The van der Waals surface area contributed by atoms with Gasteiger partial charge in [-0.05, 0) is 18.2 Å². The molecule has 21 heavy (non-hydrogen) atoms. The molecular formula is C14H11ClN2O4. The van der Waals surface area contributed by atoms with E-state index in [9.17, 15) is 14.4 Å². The van der Waals surface area contributed by atoms with Crippen molar-refractivity contribution in [2.75, 3.05) is 19.7 Å². The van der Waals surface area contributed by atoms with E-state index < -0.39 is 17.7 Å². The molecule has 1 saturated heterocycles. The minimum absolute atomic E-state index is 0.172. The number of imide groups is 1. The van der Waals surface area contributed by atoms with Gasteiger partial charge in [0, 0.05) is 11.1 Å². The normalized spacial score (nSPS) is 14.3. The van der Waals surface area contributed by atoms with Gasteiger partial charge < -0.3 is 10.0 Å². The number of rotatable bonds is 1. The second-order valence-electron chi connectivity index (χ2n) is 4.29. The van der Waals surface area contributed by atoms with Gasteiger partial charge in [-0.25, -0.2) is 0 Å². The standard InChI is InChI=1S/C14H11ClN2O4/c15-11-6-10(4-3-9(11)2-1-5-18)14(21)17-7-12(19)16-13(20)8-17/h3-4,6,18H,5,7-8H2,(H,16,19,20). The molecule has 108 valence electrons. The Bertz CT molecular complexity index is 659. The van der Waals surface area contributed by atoms with Crippen LogP contribution < -0.4 is 5.32 Å². The molecule has 0 aliphatic carbocycles. The Labute approximate surface area is 125 Å². The zero-order valence-corrected chi connectivity index (χ0v) is 11.6. The summed E-state index contributed by atoms with van der Waals surface area (Å²) in [5, 5.41) is 11.0. The number of halogens is 1. The first-order chi connectivity index (χ1) is 10.0. The minimum atomic E-state index is -0.517. The van der Waals surface area contributed by atoms with Crippen LogP contribution in [0.5, 0.6) is 0 Å². The molecule has 7 heteroatoms. The lowest BCUT2D eigenvalue weighted by Crippen LogP contribution is -2.53. The van der Waals surface area contributed by atoms with Crippen LogP contribution in [0.15, 0.2) is 18.2 Å². The second-order valence-corrected chi connectivity index (χ2v) is 4.69. The molecule has 1 heterocycles. The van der Waals surface area contributed by atoms with Crippen molar-refractivity contribution in [3.63, 3.8) is 0 Å². The van der Waals surface area contributed by atoms with Gasteiger partial charge in [0.05, 0.1) is 5.02 Å². The van der Waals surface area contributed by atoms with E-state index in [1.165, 1.54) is 12.1 Å². The highest BCUT2D eigenvalue weighted by Gasteiger charge is 2.27. The first-order valence-electron chi connectivity index (χ1n) is 6.02. The van der Waals surface area contributed by atoms with E-state index in [1.54, 1.807) is 6.07 Å². The Balaban J connectivity index is 2.21. The van der Waals surface area contributed by atoms with Gasteiger partial charge >= 0.3 is 0 Å². The van der Waals surface area contributed by atoms with Crippen molar-refractivity contribution in [1.82, 2.24) is 10.2 Å². The maximum atomic E-state index is 12.2. The molecular weight excluding hydrogens is 296 g/mol. The molecule has 1 aliphatic heterocycles. The summed E-state index contributed by atoms with van der Waals surface area (Å²) in [6, 6.07) is 4.47. The fourth-order valence-electron chi connectivity index (χ4n) is 1.85. The average Bonchev–Trinajstić information content (AvgIpc) is 2.44. The number of carbonyl (C=O) groups excluding carboxylic acids is 3. The summed E-state index contributed by atoms with van der Waals surface area (Å²) in [4.78, 5) is 35.9. The van der Waals surface area contributed by atoms with Crippen molar-refractivity contribution in [2.45, 2.75) is 0 Å². The van der Waals surface area contributed by atoms with Crippen LogP contribution in [0.2, 0.25) is 5.02 Å². The topological polar surface area (TPSA) is 86.7 Å². The van der Waals surface area contributed by atoms with Crippen LogP contribution in [0.1, 0.15) is 15.9 Å². The van der Waals surface area contributed by atoms with Crippen LogP contribution in [-0.4, -0.2) is 47.4 Å². The number of benzene rings is 1. The van der Waals surface area contributed by atoms with Crippen molar-refractivity contribution in [1.29, 1.82) is 0 Å². The number of piperazine rings is 1. The number of aliphatic hydroxyl groups excluding tert-OH is 1. The van der Waals surface area contributed by atoms with Gasteiger partial charge in [-0.1, -0.05) is 23.4 Å². The quantitative estimate of drug-likeness (QED) is 0.555. The Morgan fingerprint density at radius 1 is 1.33 bits per heavy atom. The summed E-state index contributed by atoms with van der Waals surface area (Å²) < 4.78 is 0. The van der Waals surface area contributed by atoms with Crippen molar-refractivity contribution in [2.24, 2.45) is 0 Å². The van der Waals surface area contributed by atoms with Gasteiger partial charge in [0.2, 0.25) is 11.8 Å². The van der Waals surface area contributed by atoms with Crippen LogP contribution in [0.25, 0.3) is 0 Å². The van der Waals surface area contributed by atoms with E-state index in [0.717, 1.165) is 4.90 Å². The Morgan fingerprint density at radius 2 is 2.00 bits per heavy atom. The van der Waals surface area contributed by atoms with E-state index in [2.05, 4.69) is 17.2 Å². The molecule has 0 spiro atoms. The van der Waals surface area contributed by atoms with Gasteiger partial charge in [0.15, 0.2) is 0 Å². The summed E-state index contributed by atoms with van der Waals surface area (Å²) in [7, 11) is 0. The maximum absolute atomic E-state index is 12.2. The lowest BCUT2D eigenvalue weighted by Gasteiger charge is -2.25. The van der Waals surface area contributed by atoms with Gasteiger partial charge in [-0.2, -0.15) is 0 Å². The van der Waals surface area contributed by atoms with Gasteiger partial charge in [-0.15, -0.1) is 0 Å². The molecule has 1 fully saturated rings. The highest BCUT2D eigenvalue weighted by atomic mass is 35.5. The van der Waals surface area contributed by atoms with Crippen LogP contribution in [0.4, 0.5) is 0 Å². The third-order valence-corrected chi connectivity index (χ3v) is 3.07. The van der Waals surface area contributed by atoms with Crippen molar-refractivity contribution >= 4 is 29.3 Å². The fraction of sp³-hybridized carbons (Fsp3) is 0.214. The highest BCUT2D eigenvalue weighted by Crippen LogP contribution is 2.18. The van der Waals surface area contributed by atoms with Crippen LogP contribution >= 0.6 is 11.6 Å². The Morgan fingerprint density at radius 3 is 2.57 bits per heavy atom. The SMILES string of the molecule is O=C1CN(C(=O)c2ccc(C#CCO)c(Cl)c2)CC(=O)N1. The monoisotopic (exact) mass is 306 g/mol. The first-order valence-corrected chi connectivity index (χ1v) is 6.40. The fourth-order valence-corrected chi connectivity index (χ4v) is 2.08. The highest BCUT2D eigenvalue weighted by molar-refractivity contribution is 6.32. The molecule has 1 aromatic carbocycles. The molecule has 3 amide bonds. The first kappa shape index (κ1) is 15.0. The lowest BCUT2D eigenvalue weighted by atomic mass is 10.1. The molecule has 0 atom stereocenters. The molecule has 0 unspecified atom stereocenters. The van der Waals surface area contributed by atoms with E-state index >= 15 is 0 Å². The maximum Gasteiger partial charge on any atom is 0.254 e. The molecule has 6 nitrogen and oxygen atoms in total. The third-order valence-electron chi connectivity index (χ3n) is 2.75. The smallest absolute Gasteiger partial charge is 0.254 e. The number of hydrogen-bond acceptors (Lipinski definition) is 4. The van der Waals surface area contributed by atoms with E-state index in [1.807, 2.05) is 0 Å².